The van der Waals surface area contributed by atoms with E-state index < -0.39 is 6.04 Å². The first-order chi connectivity index (χ1) is 19.4. The van der Waals surface area contributed by atoms with Gasteiger partial charge in [-0.3, -0.25) is 4.79 Å². The Hall–Kier alpha value is -4.47. The molecule has 202 valence electrons. The third-order valence-corrected chi connectivity index (χ3v) is 7.49. The average Bonchev–Trinajstić information content (AvgIpc) is 2.98. The van der Waals surface area contributed by atoms with Gasteiger partial charge in [-0.05, 0) is 66.1 Å². The van der Waals surface area contributed by atoms with Crippen molar-refractivity contribution in [3.05, 3.63) is 108 Å². The zero-order valence-electron chi connectivity index (χ0n) is 22.2. The van der Waals surface area contributed by atoms with Crippen molar-refractivity contribution in [2.45, 2.75) is 35.6 Å². The molecule has 2 heterocycles. The highest BCUT2D eigenvalue weighted by Crippen LogP contribution is 2.37. The van der Waals surface area contributed by atoms with Gasteiger partial charge in [0.2, 0.25) is 0 Å². The van der Waals surface area contributed by atoms with Crippen LogP contribution < -0.4 is 16.4 Å². The van der Waals surface area contributed by atoms with Gasteiger partial charge in [0.1, 0.15) is 12.1 Å². The molecule has 0 bridgehead atoms. The number of rotatable bonds is 9. The number of nitrogens with two attached hydrogens (primary N) is 1. The Kier molecular flexibility index (Phi) is 8.23. The number of aliphatic hydroxyl groups is 1. The van der Waals surface area contributed by atoms with Crippen molar-refractivity contribution >= 4 is 45.9 Å². The van der Waals surface area contributed by atoms with Gasteiger partial charge in [0.15, 0.2) is 5.65 Å². The maximum absolute atomic E-state index is 13.3. The number of nitrogens with zero attached hydrogens (tertiary/aromatic N) is 3. The number of fused-ring (bicyclic) bond motifs is 1. The molecule has 0 aliphatic heterocycles. The number of amides is 1. The van der Waals surface area contributed by atoms with Gasteiger partial charge in [-0.1, -0.05) is 55.9 Å². The van der Waals surface area contributed by atoms with Crippen LogP contribution >= 0.6 is 11.8 Å². The van der Waals surface area contributed by atoms with Crippen molar-refractivity contribution in [3.63, 3.8) is 0 Å². The summed E-state index contributed by atoms with van der Waals surface area (Å²) in [4.78, 5) is 28.8. The van der Waals surface area contributed by atoms with Crippen LogP contribution in [0.15, 0.2) is 101 Å². The normalized spacial score (nSPS) is 11.9. The van der Waals surface area contributed by atoms with Crippen LogP contribution in [0.25, 0.3) is 11.0 Å². The van der Waals surface area contributed by atoms with Crippen molar-refractivity contribution in [3.8, 4) is 0 Å². The number of anilines is 3. The lowest BCUT2D eigenvalue weighted by molar-refractivity contribution is 0.0916. The minimum Gasteiger partial charge on any atom is -0.399 e. The summed E-state index contributed by atoms with van der Waals surface area (Å²) in [6.07, 6.45) is 1.48. The van der Waals surface area contributed by atoms with Gasteiger partial charge >= 0.3 is 0 Å². The highest BCUT2D eigenvalue weighted by molar-refractivity contribution is 7.99. The Morgan fingerprint density at radius 2 is 1.75 bits per heavy atom. The fourth-order valence-corrected chi connectivity index (χ4v) is 5.07. The molecule has 40 heavy (non-hydrogen) atoms. The molecule has 3 aromatic carbocycles. The maximum atomic E-state index is 13.3. The molecule has 0 fully saturated rings. The molecule has 5 rings (SSSR count). The molecule has 0 aliphatic rings. The fraction of sp³-hybridized carbons (Fsp3) is 0.161. The minimum atomic E-state index is -0.527. The Labute approximate surface area is 237 Å². The molecule has 5 N–H and O–H groups in total. The number of aromatic nitrogens is 3. The van der Waals surface area contributed by atoms with E-state index in [1.165, 1.54) is 6.33 Å². The average molecular weight is 551 g/mol. The molecule has 0 radical (unpaired) electrons. The van der Waals surface area contributed by atoms with Gasteiger partial charge < -0.3 is 21.5 Å². The number of nitrogen functional groups attached to an aromatic ring is 1. The summed E-state index contributed by atoms with van der Waals surface area (Å²) >= 11 is 1.54. The third-order valence-electron chi connectivity index (χ3n) is 6.40. The Morgan fingerprint density at radius 3 is 2.48 bits per heavy atom. The van der Waals surface area contributed by atoms with Gasteiger partial charge in [0.25, 0.3) is 5.91 Å². The highest BCUT2D eigenvalue weighted by atomic mass is 32.2. The Morgan fingerprint density at radius 1 is 0.975 bits per heavy atom. The number of nitrogens with one attached hydrogen (secondary N) is 2. The Balaban J connectivity index is 1.50. The van der Waals surface area contributed by atoms with E-state index in [1.807, 2.05) is 72.8 Å². The molecular weight excluding hydrogens is 520 g/mol. The number of hydrogen-bond acceptors (Lipinski definition) is 8. The number of carbonyl (C=O) groups is 1. The van der Waals surface area contributed by atoms with Crippen LogP contribution in [0, 0.1) is 0 Å². The second-order valence-electron chi connectivity index (χ2n) is 9.61. The molecule has 0 saturated carbocycles. The summed E-state index contributed by atoms with van der Waals surface area (Å²) in [5.41, 5.74) is 10.1. The molecule has 8 nitrogen and oxygen atoms in total. The van der Waals surface area contributed by atoms with Gasteiger partial charge in [-0.25, -0.2) is 15.0 Å². The molecular formula is C31H30N6O2S. The zero-order chi connectivity index (χ0) is 28.1. The molecule has 2 aromatic heterocycles. The van der Waals surface area contributed by atoms with E-state index in [9.17, 15) is 9.90 Å². The monoisotopic (exact) mass is 550 g/mol. The van der Waals surface area contributed by atoms with Crippen LogP contribution in [-0.4, -0.2) is 32.6 Å². The maximum Gasteiger partial charge on any atom is 0.251 e. The molecule has 5 aromatic rings. The van der Waals surface area contributed by atoms with Crippen LogP contribution in [0.1, 0.15) is 47.4 Å². The van der Waals surface area contributed by atoms with Crippen LogP contribution in [-0.2, 0) is 0 Å². The van der Waals surface area contributed by atoms with E-state index in [1.54, 1.807) is 23.9 Å². The summed E-state index contributed by atoms with van der Waals surface area (Å²) in [7, 11) is 0. The molecule has 0 saturated heterocycles. The van der Waals surface area contributed by atoms with Gasteiger partial charge in [-0.15, -0.1) is 0 Å². The summed E-state index contributed by atoms with van der Waals surface area (Å²) < 4.78 is 0. The summed E-state index contributed by atoms with van der Waals surface area (Å²) in [6.45, 7) is 3.96. The van der Waals surface area contributed by atoms with E-state index in [0.717, 1.165) is 26.4 Å². The SMILES string of the molecule is CC(C)c1ccc2c(Nc3cc(C(=O)N[C@H](CO)c4ccccc4)ccc3Sc3ccc(N)cc3)ncnc2n1. The lowest BCUT2D eigenvalue weighted by atomic mass is 10.1. The van der Waals surface area contributed by atoms with Gasteiger partial charge in [-0.2, -0.15) is 0 Å². The summed E-state index contributed by atoms with van der Waals surface area (Å²) in [5.74, 6) is 0.556. The standard InChI is InChI=1S/C31H30N6O2S/c1-19(2)25-14-13-24-29(35-25)33-18-34-30(24)36-26-16-21(8-15-28(26)40-23-11-9-22(32)10-12-23)31(39)37-27(17-38)20-6-4-3-5-7-20/h3-16,18-19,27,38H,17,32H2,1-2H3,(H,37,39)(H,33,34,35,36)/t27-/m1/s1. The van der Waals surface area contributed by atoms with Crippen molar-refractivity contribution in [2.75, 3.05) is 17.7 Å². The van der Waals surface area contributed by atoms with Crippen LogP contribution in [0.3, 0.4) is 0 Å². The molecule has 1 amide bonds. The topological polar surface area (TPSA) is 126 Å². The molecule has 1 atom stereocenters. The zero-order valence-corrected chi connectivity index (χ0v) is 23.0. The van der Waals surface area contributed by atoms with Crippen molar-refractivity contribution in [1.82, 2.24) is 20.3 Å². The van der Waals surface area contributed by atoms with Crippen molar-refractivity contribution in [1.29, 1.82) is 0 Å². The lowest BCUT2D eigenvalue weighted by Gasteiger charge is -2.18. The molecule has 9 heteroatoms. The van der Waals surface area contributed by atoms with Crippen molar-refractivity contribution in [2.24, 2.45) is 0 Å². The van der Waals surface area contributed by atoms with E-state index >= 15 is 0 Å². The van der Waals surface area contributed by atoms with Gasteiger partial charge in [0.05, 0.1) is 23.7 Å². The first kappa shape index (κ1) is 27.1. The number of hydrogen-bond donors (Lipinski definition) is 4. The smallest absolute Gasteiger partial charge is 0.251 e. The van der Waals surface area contributed by atoms with Crippen LogP contribution in [0.2, 0.25) is 0 Å². The number of carbonyl (C=O) groups excluding carboxylic acids is 1. The number of benzene rings is 3. The third kappa shape index (κ3) is 6.22. The Bertz CT molecular complexity index is 1630. The van der Waals surface area contributed by atoms with E-state index in [0.29, 0.717) is 28.4 Å². The second-order valence-corrected chi connectivity index (χ2v) is 10.7. The lowest BCUT2D eigenvalue weighted by Crippen LogP contribution is -2.30. The van der Waals surface area contributed by atoms with Crippen LogP contribution in [0.4, 0.5) is 17.2 Å². The first-order valence-corrected chi connectivity index (χ1v) is 13.8. The van der Waals surface area contributed by atoms with E-state index in [4.69, 9.17) is 10.7 Å². The first-order valence-electron chi connectivity index (χ1n) is 12.9. The molecule has 0 aliphatic carbocycles. The predicted molar refractivity (Wildman–Crippen MR) is 160 cm³/mol. The van der Waals surface area contributed by atoms with Crippen molar-refractivity contribution < 1.29 is 9.90 Å². The van der Waals surface area contributed by atoms with Crippen LogP contribution in [0.5, 0.6) is 0 Å². The highest BCUT2D eigenvalue weighted by Gasteiger charge is 2.18. The fourth-order valence-electron chi connectivity index (χ4n) is 4.19. The summed E-state index contributed by atoms with van der Waals surface area (Å²) in [6, 6.07) is 25.9. The predicted octanol–water partition coefficient (Wildman–Crippen LogP) is 6.09. The number of aliphatic hydroxyl groups excluding tert-OH is 1. The number of pyridine rings is 1. The summed E-state index contributed by atoms with van der Waals surface area (Å²) in [5, 5.41) is 17.1. The molecule has 0 spiro atoms. The van der Waals surface area contributed by atoms with E-state index in [2.05, 4.69) is 34.4 Å². The van der Waals surface area contributed by atoms with E-state index in [-0.39, 0.29) is 18.4 Å². The quantitative estimate of drug-likeness (QED) is 0.163. The second kappa shape index (κ2) is 12.1. The minimum absolute atomic E-state index is 0.218. The molecule has 0 unspecified atom stereocenters. The van der Waals surface area contributed by atoms with Gasteiger partial charge in [0, 0.05) is 26.7 Å². The largest absolute Gasteiger partial charge is 0.399 e.